The lowest BCUT2D eigenvalue weighted by Crippen LogP contribution is -2.45. The molecule has 1 N–H and O–H groups in total. The van der Waals surface area contributed by atoms with Gasteiger partial charge >= 0.3 is 0 Å². The molecule has 0 saturated heterocycles. The highest BCUT2D eigenvalue weighted by molar-refractivity contribution is 4.81. The van der Waals surface area contributed by atoms with Gasteiger partial charge in [0.05, 0.1) is 0 Å². The van der Waals surface area contributed by atoms with Gasteiger partial charge in [0.15, 0.2) is 0 Å². The summed E-state index contributed by atoms with van der Waals surface area (Å²) in [7, 11) is 2.30. The van der Waals surface area contributed by atoms with Gasteiger partial charge in [0.2, 0.25) is 0 Å². The van der Waals surface area contributed by atoms with Gasteiger partial charge in [-0.25, -0.2) is 0 Å². The monoisotopic (exact) mass is 226 g/mol. The number of rotatable bonds is 6. The van der Waals surface area contributed by atoms with Gasteiger partial charge in [0, 0.05) is 18.6 Å². The molecule has 16 heavy (non-hydrogen) atoms. The normalized spacial score (nSPS) is 28.3. The average Bonchev–Trinajstić information content (AvgIpc) is 2.26. The van der Waals surface area contributed by atoms with Gasteiger partial charge in [-0.2, -0.15) is 0 Å². The summed E-state index contributed by atoms with van der Waals surface area (Å²) in [4.78, 5) is 2.58. The van der Waals surface area contributed by atoms with Crippen molar-refractivity contribution in [2.45, 2.75) is 65.0 Å². The highest BCUT2D eigenvalue weighted by atomic mass is 15.2. The van der Waals surface area contributed by atoms with Crippen molar-refractivity contribution < 1.29 is 0 Å². The molecule has 3 atom stereocenters. The Kier molecular flexibility index (Phi) is 6.37. The maximum atomic E-state index is 3.58. The minimum atomic E-state index is 0.624. The van der Waals surface area contributed by atoms with E-state index in [-0.39, 0.29) is 0 Å². The van der Waals surface area contributed by atoms with Gasteiger partial charge in [0.25, 0.3) is 0 Å². The lowest BCUT2D eigenvalue weighted by Gasteiger charge is -2.37. The lowest BCUT2D eigenvalue weighted by molar-refractivity contribution is 0.130. The molecule has 3 unspecified atom stereocenters. The topological polar surface area (TPSA) is 15.3 Å². The third-order valence-electron chi connectivity index (χ3n) is 3.94. The summed E-state index contributed by atoms with van der Waals surface area (Å²) in [5, 5.41) is 3.58. The molecule has 0 aliphatic heterocycles. The summed E-state index contributed by atoms with van der Waals surface area (Å²) in [6.07, 6.45) is 6.92. The molecule has 0 bridgehead atoms. The summed E-state index contributed by atoms with van der Waals surface area (Å²) in [6, 6.07) is 1.44. The van der Waals surface area contributed by atoms with Gasteiger partial charge in [-0.3, -0.25) is 0 Å². The van der Waals surface area contributed by atoms with E-state index in [9.17, 15) is 0 Å². The van der Waals surface area contributed by atoms with Gasteiger partial charge in [-0.05, 0) is 45.7 Å². The molecule has 0 aromatic rings. The molecule has 2 nitrogen and oxygen atoms in total. The molecule has 1 fully saturated rings. The Morgan fingerprint density at radius 1 is 1.31 bits per heavy atom. The molecule has 2 heteroatoms. The van der Waals surface area contributed by atoms with Gasteiger partial charge in [-0.1, -0.05) is 26.7 Å². The van der Waals surface area contributed by atoms with Crippen LogP contribution in [0.3, 0.4) is 0 Å². The smallest absolute Gasteiger partial charge is 0.0166 e. The molecule has 96 valence electrons. The zero-order chi connectivity index (χ0) is 12.0. The zero-order valence-electron chi connectivity index (χ0n) is 11.6. The summed E-state index contributed by atoms with van der Waals surface area (Å²) < 4.78 is 0. The van der Waals surface area contributed by atoms with E-state index >= 15 is 0 Å². The van der Waals surface area contributed by atoms with E-state index in [0.717, 1.165) is 18.5 Å². The number of nitrogens with zero attached hydrogens (tertiary/aromatic N) is 1. The quantitative estimate of drug-likeness (QED) is 0.749. The van der Waals surface area contributed by atoms with E-state index in [1.54, 1.807) is 0 Å². The van der Waals surface area contributed by atoms with Crippen molar-refractivity contribution in [2.75, 3.05) is 20.1 Å². The van der Waals surface area contributed by atoms with Crippen molar-refractivity contribution in [1.82, 2.24) is 10.2 Å². The predicted octanol–water partition coefficient (Wildman–Crippen LogP) is 2.89. The molecule has 0 heterocycles. The van der Waals surface area contributed by atoms with Crippen LogP contribution in [0.1, 0.15) is 52.9 Å². The average molecular weight is 226 g/mol. The van der Waals surface area contributed by atoms with Crippen LogP contribution in [-0.4, -0.2) is 37.1 Å². The standard InChI is InChI=1S/C14H30N2/c1-5-10-15-13(3)11-16(4)14-9-7-6-8-12(14)2/h12-15H,5-11H2,1-4H3. The molecule has 0 spiro atoms. The van der Waals surface area contributed by atoms with E-state index in [1.165, 1.54) is 38.6 Å². The fourth-order valence-corrected chi connectivity index (χ4v) is 2.97. The van der Waals surface area contributed by atoms with E-state index < -0.39 is 0 Å². The molecular weight excluding hydrogens is 196 g/mol. The van der Waals surface area contributed by atoms with Gasteiger partial charge in [-0.15, -0.1) is 0 Å². The lowest BCUT2D eigenvalue weighted by atomic mass is 9.85. The van der Waals surface area contributed by atoms with Crippen molar-refractivity contribution in [2.24, 2.45) is 5.92 Å². The largest absolute Gasteiger partial charge is 0.313 e. The van der Waals surface area contributed by atoms with Crippen LogP contribution in [0, 0.1) is 5.92 Å². The first-order valence-electron chi connectivity index (χ1n) is 7.08. The highest BCUT2D eigenvalue weighted by Crippen LogP contribution is 2.27. The highest BCUT2D eigenvalue weighted by Gasteiger charge is 2.25. The Hall–Kier alpha value is -0.0800. The Morgan fingerprint density at radius 3 is 2.62 bits per heavy atom. The second-order valence-corrected chi connectivity index (χ2v) is 5.62. The SMILES string of the molecule is CCCNC(C)CN(C)C1CCCCC1C. The molecule has 0 aromatic heterocycles. The van der Waals surface area contributed by atoms with Crippen molar-refractivity contribution in [3.63, 3.8) is 0 Å². The Balaban J connectivity index is 2.29. The maximum Gasteiger partial charge on any atom is 0.0166 e. The van der Waals surface area contributed by atoms with Crippen LogP contribution in [0.4, 0.5) is 0 Å². The first-order valence-corrected chi connectivity index (χ1v) is 7.08. The number of likely N-dealkylation sites (N-methyl/N-ethyl adjacent to an activating group) is 1. The minimum Gasteiger partial charge on any atom is -0.313 e. The molecule has 0 radical (unpaired) electrons. The van der Waals surface area contributed by atoms with E-state index in [2.05, 4.69) is 38.0 Å². The van der Waals surface area contributed by atoms with Crippen molar-refractivity contribution in [3.05, 3.63) is 0 Å². The van der Waals surface area contributed by atoms with Crippen LogP contribution in [-0.2, 0) is 0 Å². The fraction of sp³-hybridized carbons (Fsp3) is 1.00. The summed E-state index contributed by atoms with van der Waals surface area (Å²) in [5.74, 6) is 0.886. The van der Waals surface area contributed by atoms with Crippen LogP contribution < -0.4 is 5.32 Å². The van der Waals surface area contributed by atoms with E-state index in [0.29, 0.717) is 6.04 Å². The third kappa shape index (κ3) is 4.42. The molecule has 1 aliphatic carbocycles. The first-order chi connectivity index (χ1) is 7.65. The molecule has 1 rings (SSSR count). The summed E-state index contributed by atoms with van der Waals surface area (Å²) in [5.41, 5.74) is 0. The van der Waals surface area contributed by atoms with E-state index in [1.807, 2.05) is 0 Å². The summed E-state index contributed by atoms with van der Waals surface area (Å²) >= 11 is 0. The Labute approximate surface area is 102 Å². The van der Waals surface area contributed by atoms with Gasteiger partial charge in [0.1, 0.15) is 0 Å². The summed E-state index contributed by atoms with van der Waals surface area (Å²) in [6.45, 7) is 9.29. The minimum absolute atomic E-state index is 0.624. The molecule has 1 saturated carbocycles. The van der Waals surface area contributed by atoms with Crippen LogP contribution in [0.2, 0.25) is 0 Å². The number of hydrogen-bond acceptors (Lipinski definition) is 2. The van der Waals surface area contributed by atoms with Gasteiger partial charge < -0.3 is 10.2 Å². The maximum absolute atomic E-state index is 3.58. The van der Waals surface area contributed by atoms with Crippen LogP contribution in [0.5, 0.6) is 0 Å². The fourth-order valence-electron chi connectivity index (χ4n) is 2.97. The van der Waals surface area contributed by atoms with E-state index in [4.69, 9.17) is 0 Å². The van der Waals surface area contributed by atoms with Crippen molar-refractivity contribution in [1.29, 1.82) is 0 Å². The van der Waals surface area contributed by atoms with Crippen molar-refractivity contribution in [3.8, 4) is 0 Å². The van der Waals surface area contributed by atoms with Crippen LogP contribution in [0.25, 0.3) is 0 Å². The van der Waals surface area contributed by atoms with Crippen LogP contribution >= 0.6 is 0 Å². The molecule has 0 aromatic carbocycles. The third-order valence-corrected chi connectivity index (χ3v) is 3.94. The predicted molar refractivity (Wildman–Crippen MR) is 71.8 cm³/mol. The second-order valence-electron chi connectivity index (χ2n) is 5.62. The molecule has 0 amide bonds. The Bertz CT molecular complexity index is 182. The molecular formula is C14H30N2. The first kappa shape index (κ1) is 14.0. The zero-order valence-corrected chi connectivity index (χ0v) is 11.6. The number of nitrogens with one attached hydrogen (secondary N) is 1. The van der Waals surface area contributed by atoms with Crippen LogP contribution in [0.15, 0.2) is 0 Å². The van der Waals surface area contributed by atoms with Crippen molar-refractivity contribution >= 4 is 0 Å². The molecule has 1 aliphatic rings. The Morgan fingerprint density at radius 2 is 2.00 bits per heavy atom. The number of hydrogen-bond donors (Lipinski definition) is 1. The second kappa shape index (κ2) is 7.29.